The van der Waals surface area contributed by atoms with Crippen LogP contribution < -0.4 is 4.57 Å². The van der Waals surface area contributed by atoms with Crippen LogP contribution in [0.1, 0.15) is 24.7 Å². The SMILES string of the molecule is CCCn1c(C)[n+](Cc2c(F)cccc2Cl)c2ccc(F)cc21. The van der Waals surface area contributed by atoms with Crippen LogP contribution >= 0.6 is 11.6 Å². The fraction of sp³-hybridized carbons (Fsp3) is 0.278. The molecule has 0 amide bonds. The molecule has 0 atom stereocenters. The third kappa shape index (κ3) is 2.83. The minimum Gasteiger partial charge on any atom is -0.227 e. The third-order valence-electron chi connectivity index (χ3n) is 4.13. The molecule has 0 saturated carbocycles. The summed E-state index contributed by atoms with van der Waals surface area (Å²) in [5.74, 6) is 0.345. The van der Waals surface area contributed by atoms with Crippen molar-refractivity contribution in [3.05, 3.63) is 64.4 Å². The first-order valence-electron chi connectivity index (χ1n) is 7.64. The average molecular weight is 336 g/mol. The van der Waals surface area contributed by atoms with Crippen molar-refractivity contribution in [2.75, 3.05) is 0 Å². The lowest BCUT2D eigenvalue weighted by atomic mass is 10.2. The molecule has 0 aliphatic rings. The first-order chi connectivity index (χ1) is 11.0. The van der Waals surface area contributed by atoms with Crippen molar-refractivity contribution in [1.29, 1.82) is 0 Å². The highest BCUT2D eigenvalue weighted by Crippen LogP contribution is 2.21. The molecular formula is C18H18ClF2N2+. The minimum absolute atomic E-state index is 0.275. The zero-order valence-electron chi connectivity index (χ0n) is 13.1. The van der Waals surface area contributed by atoms with Crippen molar-refractivity contribution in [3.63, 3.8) is 0 Å². The molecule has 3 rings (SSSR count). The first kappa shape index (κ1) is 15.9. The van der Waals surface area contributed by atoms with Gasteiger partial charge < -0.3 is 0 Å². The van der Waals surface area contributed by atoms with Gasteiger partial charge in [-0.15, -0.1) is 0 Å². The van der Waals surface area contributed by atoms with Crippen molar-refractivity contribution in [1.82, 2.24) is 4.57 Å². The van der Waals surface area contributed by atoms with Crippen LogP contribution in [0.15, 0.2) is 36.4 Å². The molecule has 0 aliphatic heterocycles. The molecule has 2 nitrogen and oxygen atoms in total. The molecule has 120 valence electrons. The van der Waals surface area contributed by atoms with Crippen molar-refractivity contribution in [2.24, 2.45) is 0 Å². The molecule has 0 saturated heterocycles. The van der Waals surface area contributed by atoms with Gasteiger partial charge in [-0.2, -0.15) is 0 Å². The number of hydrogen-bond acceptors (Lipinski definition) is 0. The summed E-state index contributed by atoms with van der Waals surface area (Å²) in [7, 11) is 0. The third-order valence-corrected chi connectivity index (χ3v) is 4.48. The maximum absolute atomic E-state index is 14.1. The topological polar surface area (TPSA) is 8.81 Å². The van der Waals surface area contributed by atoms with Crippen LogP contribution in [0.4, 0.5) is 8.78 Å². The van der Waals surface area contributed by atoms with Crippen LogP contribution in [0.5, 0.6) is 0 Å². The average Bonchev–Trinajstić information content (AvgIpc) is 2.76. The van der Waals surface area contributed by atoms with Crippen molar-refractivity contribution in [2.45, 2.75) is 33.4 Å². The summed E-state index contributed by atoms with van der Waals surface area (Å²) in [6.45, 7) is 5.13. The largest absolute Gasteiger partial charge is 0.254 e. The quantitative estimate of drug-likeness (QED) is 0.615. The van der Waals surface area contributed by atoms with Crippen molar-refractivity contribution < 1.29 is 13.3 Å². The lowest BCUT2D eigenvalue weighted by molar-refractivity contribution is -0.669. The zero-order valence-corrected chi connectivity index (χ0v) is 13.9. The van der Waals surface area contributed by atoms with Gasteiger partial charge in [-0.25, -0.2) is 17.9 Å². The molecule has 3 aromatic rings. The lowest BCUT2D eigenvalue weighted by Crippen LogP contribution is -2.37. The number of imidazole rings is 1. The smallest absolute Gasteiger partial charge is 0.227 e. The van der Waals surface area contributed by atoms with E-state index in [1.807, 2.05) is 11.5 Å². The van der Waals surface area contributed by atoms with Gasteiger partial charge in [-0.05, 0) is 30.7 Å². The second-order valence-corrected chi connectivity index (χ2v) is 6.03. The van der Waals surface area contributed by atoms with E-state index in [-0.39, 0.29) is 11.6 Å². The van der Waals surface area contributed by atoms with E-state index in [1.54, 1.807) is 18.2 Å². The van der Waals surface area contributed by atoms with Gasteiger partial charge in [-0.3, -0.25) is 0 Å². The van der Waals surface area contributed by atoms with Gasteiger partial charge in [0.25, 0.3) is 5.82 Å². The molecule has 5 heteroatoms. The minimum atomic E-state index is -0.331. The maximum Gasteiger partial charge on any atom is 0.254 e. The van der Waals surface area contributed by atoms with Gasteiger partial charge in [0.2, 0.25) is 0 Å². The summed E-state index contributed by atoms with van der Waals surface area (Å²) in [5.41, 5.74) is 2.13. The summed E-state index contributed by atoms with van der Waals surface area (Å²) in [6, 6.07) is 9.37. The Balaban J connectivity index is 2.19. The molecule has 1 heterocycles. The van der Waals surface area contributed by atoms with Gasteiger partial charge >= 0.3 is 0 Å². The second-order valence-electron chi connectivity index (χ2n) is 5.62. The highest BCUT2D eigenvalue weighted by molar-refractivity contribution is 6.31. The van der Waals surface area contributed by atoms with Crippen molar-refractivity contribution in [3.8, 4) is 0 Å². The number of benzene rings is 2. The van der Waals surface area contributed by atoms with Crippen LogP contribution in [0.2, 0.25) is 5.02 Å². The molecule has 0 unspecified atom stereocenters. The number of halogens is 3. The lowest BCUT2D eigenvalue weighted by Gasteiger charge is -2.05. The number of aromatic nitrogens is 2. The van der Waals surface area contributed by atoms with Crippen LogP contribution in [0.3, 0.4) is 0 Å². The second kappa shape index (κ2) is 6.28. The molecule has 0 N–H and O–H groups in total. The Kier molecular flexibility index (Phi) is 4.35. The maximum atomic E-state index is 14.1. The number of aryl methyl sites for hydroxylation is 1. The molecule has 0 aliphatic carbocycles. The Labute approximate surface area is 138 Å². The predicted molar refractivity (Wildman–Crippen MR) is 87.6 cm³/mol. The fourth-order valence-electron chi connectivity index (χ4n) is 2.98. The van der Waals surface area contributed by atoms with E-state index in [2.05, 4.69) is 11.5 Å². The van der Waals surface area contributed by atoms with E-state index in [9.17, 15) is 8.78 Å². The molecule has 0 fully saturated rings. The molecule has 0 spiro atoms. The molecule has 0 bridgehead atoms. The number of fused-ring (bicyclic) bond motifs is 1. The van der Waals surface area contributed by atoms with Gasteiger partial charge in [0.05, 0.1) is 11.6 Å². The zero-order chi connectivity index (χ0) is 16.6. The number of rotatable bonds is 4. The first-order valence-corrected chi connectivity index (χ1v) is 8.01. The number of nitrogens with zero attached hydrogens (tertiary/aromatic N) is 2. The fourth-order valence-corrected chi connectivity index (χ4v) is 3.21. The Bertz CT molecular complexity index is 851. The Morgan fingerprint density at radius 1 is 1.17 bits per heavy atom. The summed E-state index contributed by atoms with van der Waals surface area (Å²) >= 11 is 6.16. The van der Waals surface area contributed by atoms with E-state index < -0.39 is 0 Å². The molecule has 23 heavy (non-hydrogen) atoms. The van der Waals surface area contributed by atoms with Crippen LogP contribution in [0.25, 0.3) is 11.0 Å². The molecular weight excluding hydrogens is 318 g/mol. The predicted octanol–water partition coefficient (Wildman–Crippen LogP) is 4.63. The molecule has 2 aromatic carbocycles. The van der Waals surface area contributed by atoms with Crippen LogP contribution in [0, 0.1) is 18.6 Å². The summed E-state index contributed by atoms with van der Waals surface area (Å²) in [6.07, 6.45) is 0.932. The van der Waals surface area contributed by atoms with Crippen LogP contribution in [-0.4, -0.2) is 4.57 Å². The Hall–Kier alpha value is -1.94. The van der Waals surface area contributed by atoms with Crippen molar-refractivity contribution >= 4 is 22.6 Å². The van der Waals surface area contributed by atoms with Gasteiger partial charge in [-0.1, -0.05) is 24.6 Å². The van der Waals surface area contributed by atoms with Crippen LogP contribution in [-0.2, 0) is 13.1 Å². The van der Waals surface area contributed by atoms with E-state index in [0.717, 1.165) is 29.8 Å². The normalized spacial score (nSPS) is 11.3. The van der Waals surface area contributed by atoms with Gasteiger partial charge in [0.1, 0.15) is 18.2 Å². The summed E-state index contributed by atoms with van der Waals surface area (Å²) in [5, 5.41) is 0.399. The van der Waals surface area contributed by atoms with Gasteiger partial charge in [0, 0.05) is 18.6 Å². The summed E-state index contributed by atoms with van der Waals surface area (Å²) < 4.78 is 31.8. The molecule has 1 aromatic heterocycles. The Morgan fingerprint density at radius 2 is 1.96 bits per heavy atom. The number of hydrogen-bond donors (Lipinski definition) is 0. The van der Waals surface area contributed by atoms with Gasteiger partial charge in [0.15, 0.2) is 11.0 Å². The van der Waals surface area contributed by atoms with E-state index in [0.29, 0.717) is 17.1 Å². The molecule has 0 radical (unpaired) electrons. The Morgan fingerprint density at radius 3 is 2.65 bits per heavy atom. The summed E-state index contributed by atoms with van der Waals surface area (Å²) in [4.78, 5) is 0. The highest BCUT2D eigenvalue weighted by atomic mass is 35.5. The highest BCUT2D eigenvalue weighted by Gasteiger charge is 2.23. The standard InChI is InChI=1S/C18H18ClF2N2/c1-3-9-22-12(2)23(17-8-7-13(20)10-18(17)22)11-14-15(19)5-4-6-16(14)21/h4-8,10H,3,9,11H2,1-2H3/q+1. The van der Waals surface area contributed by atoms with E-state index in [1.165, 1.54) is 18.2 Å². The van der Waals surface area contributed by atoms with E-state index >= 15 is 0 Å². The van der Waals surface area contributed by atoms with E-state index in [4.69, 9.17) is 11.6 Å². The monoisotopic (exact) mass is 335 g/mol.